The van der Waals surface area contributed by atoms with Gasteiger partial charge in [-0.25, -0.2) is 0 Å². The molecule has 16 heavy (non-hydrogen) atoms. The average molecular weight is 227 g/mol. The topological polar surface area (TPSA) is 44.4 Å². The van der Waals surface area contributed by atoms with Gasteiger partial charge >= 0.3 is 0 Å². The second kappa shape index (κ2) is 5.64. The molecule has 0 radical (unpaired) electrons. The lowest BCUT2D eigenvalue weighted by molar-refractivity contribution is -0.121. The molecule has 1 aliphatic rings. The summed E-state index contributed by atoms with van der Waals surface area (Å²) in [6.45, 7) is 8.72. The Balaban J connectivity index is 2.23. The molecule has 0 saturated carbocycles. The molecule has 0 aromatic rings. The van der Waals surface area contributed by atoms with Gasteiger partial charge in [0.2, 0.25) is 5.91 Å². The Labute approximate surface area is 98.8 Å². The quantitative estimate of drug-likeness (QED) is 0.741. The number of carbonyl (C=O) groups is 1. The van der Waals surface area contributed by atoms with Gasteiger partial charge in [-0.15, -0.1) is 0 Å². The molecule has 94 valence electrons. The molecule has 1 rings (SSSR count). The van der Waals surface area contributed by atoms with Crippen LogP contribution in [0.2, 0.25) is 0 Å². The molecule has 1 fully saturated rings. The van der Waals surface area contributed by atoms with E-state index in [1.165, 1.54) is 6.42 Å². The first kappa shape index (κ1) is 13.5. The van der Waals surface area contributed by atoms with Crippen molar-refractivity contribution in [3.63, 3.8) is 0 Å². The molecule has 2 N–H and O–H groups in total. The number of nitrogens with one attached hydrogen (secondary N) is 2. The second-order valence-corrected chi connectivity index (χ2v) is 5.77. The van der Waals surface area contributed by atoms with Crippen molar-refractivity contribution in [2.75, 3.05) is 26.7 Å². The van der Waals surface area contributed by atoms with Crippen LogP contribution in [-0.4, -0.2) is 49.1 Å². The molecule has 0 aliphatic carbocycles. The van der Waals surface area contributed by atoms with Crippen molar-refractivity contribution >= 4 is 5.91 Å². The van der Waals surface area contributed by atoms with Crippen molar-refractivity contribution in [3.8, 4) is 0 Å². The minimum atomic E-state index is 0.000691. The van der Waals surface area contributed by atoms with Crippen LogP contribution in [0.3, 0.4) is 0 Å². The van der Waals surface area contributed by atoms with Gasteiger partial charge in [0.15, 0.2) is 0 Å². The Morgan fingerprint density at radius 2 is 2.12 bits per heavy atom. The smallest absolute Gasteiger partial charge is 0.234 e. The predicted octanol–water partition coefficient (Wildman–Crippen LogP) is 0.585. The van der Waals surface area contributed by atoms with E-state index in [2.05, 4.69) is 43.4 Å². The number of carbonyl (C=O) groups excluding carboxylic acids is 1. The Kier molecular flexibility index (Phi) is 4.74. The molecule has 4 nitrogen and oxygen atoms in total. The fraction of sp³-hybridized carbons (Fsp3) is 0.917. The molecule has 4 heteroatoms. The van der Waals surface area contributed by atoms with Gasteiger partial charge in [-0.2, -0.15) is 0 Å². The van der Waals surface area contributed by atoms with Crippen LogP contribution < -0.4 is 10.6 Å². The van der Waals surface area contributed by atoms with E-state index < -0.39 is 0 Å². The average Bonchev–Trinajstić information content (AvgIpc) is 2.14. The first-order chi connectivity index (χ1) is 7.37. The molecule has 1 atom stereocenters. The lowest BCUT2D eigenvalue weighted by atomic mass is 10.1. The molecule has 1 heterocycles. The lowest BCUT2D eigenvalue weighted by Gasteiger charge is -2.30. The summed E-state index contributed by atoms with van der Waals surface area (Å²) in [4.78, 5) is 13.9. The minimum Gasteiger partial charge on any atom is -0.351 e. The Morgan fingerprint density at radius 3 is 2.69 bits per heavy atom. The molecule has 1 amide bonds. The van der Waals surface area contributed by atoms with E-state index in [1.54, 1.807) is 0 Å². The standard InChI is InChI=1S/C12H25N3O/c1-12(2,3)13-8-11(16)14-10-6-5-7-15(4)9-10/h10,13H,5-9H2,1-4H3,(H,14,16). The van der Waals surface area contributed by atoms with E-state index in [0.29, 0.717) is 12.6 Å². The van der Waals surface area contributed by atoms with Crippen LogP contribution in [0, 0.1) is 0 Å². The largest absolute Gasteiger partial charge is 0.351 e. The van der Waals surface area contributed by atoms with Crippen LogP contribution in [0.4, 0.5) is 0 Å². The highest BCUT2D eigenvalue weighted by atomic mass is 16.2. The maximum atomic E-state index is 11.7. The van der Waals surface area contributed by atoms with Gasteiger partial charge in [-0.1, -0.05) is 0 Å². The van der Waals surface area contributed by atoms with E-state index in [-0.39, 0.29) is 11.4 Å². The summed E-state index contributed by atoms with van der Waals surface area (Å²) in [5.41, 5.74) is 0.000691. The number of hydrogen-bond donors (Lipinski definition) is 2. The van der Waals surface area contributed by atoms with E-state index in [4.69, 9.17) is 0 Å². The zero-order valence-corrected chi connectivity index (χ0v) is 11.0. The zero-order valence-electron chi connectivity index (χ0n) is 11.0. The number of likely N-dealkylation sites (N-methyl/N-ethyl adjacent to an activating group) is 1. The summed E-state index contributed by atoms with van der Waals surface area (Å²) in [7, 11) is 2.10. The molecule has 0 bridgehead atoms. The van der Waals surface area contributed by atoms with Crippen molar-refractivity contribution in [1.29, 1.82) is 0 Å². The van der Waals surface area contributed by atoms with E-state index >= 15 is 0 Å². The van der Waals surface area contributed by atoms with E-state index in [0.717, 1.165) is 19.5 Å². The Bertz CT molecular complexity index is 235. The van der Waals surface area contributed by atoms with E-state index in [1.807, 2.05) is 0 Å². The third kappa shape index (κ3) is 5.47. The van der Waals surface area contributed by atoms with Gasteiger partial charge in [0.25, 0.3) is 0 Å². The molecule has 1 aliphatic heterocycles. The van der Waals surface area contributed by atoms with Crippen molar-refractivity contribution in [1.82, 2.24) is 15.5 Å². The fourth-order valence-electron chi connectivity index (χ4n) is 1.91. The summed E-state index contributed by atoms with van der Waals surface area (Å²) in [5, 5.41) is 6.28. The molecular formula is C12H25N3O. The number of amides is 1. The van der Waals surface area contributed by atoms with Crippen LogP contribution in [0.25, 0.3) is 0 Å². The van der Waals surface area contributed by atoms with Crippen molar-refractivity contribution < 1.29 is 4.79 Å². The summed E-state index contributed by atoms with van der Waals surface area (Å²) >= 11 is 0. The highest BCUT2D eigenvalue weighted by Crippen LogP contribution is 2.07. The number of hydrogen-bond acceptors (Lipinski definition) is 3. The molecule has 0 aromatic carbocycles. The number of nitrogens with zero attached hydrogens (tertiary/aromatic N) is 1. The van der Waals surface area contributed by atoms with Crippen molar-refractivity contribution in [3.05, 3.63) is 0 Å². The molecule has 0 spiro atoms. The number of likely N-dealkylation sites (tertiary alicyclic amines) is 1. The van der Waals surface area contributed by atoms with Gasteiger partial charge in [-0.05, 0) is 47.2 Å². The molecular weight excluding hydrogens is 202 g/mol. The third-order valence-corrected chi connectivity index (χ3v) is 2.77. The fourth-order valence-corrected chi connectivity index (χ4v) is 1.91. The summed E-state index contributed by atoms with van der Waals surface area (Å²) in [5.74, 6) is 0.107. The van der Waals surface area contributed by atoms with Gasteiger partial charge in [-0.3, -0.25) is 4.79 Å². The Hall–Kier alpha value is -0.610. The first-order valence-corrected chi connectivity index (χ1v) is 6.10. The van der Waals surface area contributed by atoms with Crippen molar-refractivity contribution in [2.45, 2.75) is 45.2 Å². The maximum Gasteiger partial charge on any atom is 0.234 e. The highest BCUT2D eigenvalue weighted by molar-refractivity contribution is 5.78. The SMILES string of the molecule is CN1CCCC(NC(=O)CNC(C)(C)C)C1. The van der Waals surface area contributed by atoms with Crippen LogP contribution in [0.5, 0.6) is 0 Å². The molecule has 1 unspecified atom stereocenters. The van der Waals surface area contributed by atoms with Gasteiger partial charge in [0.1, 0.15) is 0 Å². The van der Waals surface area contributed by atoms with Crippen LogP contribution in [0.1, 0.15) is 33.6 Å². The number of rotatable bonds is 3. The normalized spacial score (nSPS) is 23.1. The van der Waals surface area contributed by atoms with Crippen molar-refractivity contribution in [2.24, 2.45) is 0 Å². The minimum absolute atomic E-state index is 0.000691. The predicted molar refractivity (Wildman–Crippen MR) is 66.4 cm³/mol. The summed E-state index contributed by atoms with van der Waals surface area (Å²) < 4.78 is 0. The zero-order chi connectivity index (χ0) is 12.2. The lowest BCUT2D eigenvalue weighted by Crippen LogP contribution is -2.50. The van der Waals surface area contributed by atoms with Gasteiger partial charge in [0.05, 0.1) is 6.54 Å². The first-order valence-electron chi connectivity index (χ1n) is 6.10. The highest BCUT2D eigenvalue weighted by Gasteiger charge is 2.19. The monoisotopic (exact) mass is 227 g/mol. The van der Waals surface area contributed by atoms with Crippen LogP contribution in [-0.2, 0) is 4.79 Å². The maximum absolute atomic E-state index is 11.7. The third-order valence-electron chi connectivity index (χ3n) is 2.77. The van der Waals surface area contributed by atoms with Crippen LogP contribution >= 0.6 is 0 Å². The second-order valence-electron chi connectivity index (χ2n) is 5.77. The Morgan fingerprint density at radius 1 is 1.44 bits per heavy atom. The molecule has 0 aromatic heterocycles. The summed E-state index contributed by atoms with van der Waals surface area (Å²) in [6, 6.07) is 0.327. The van der Waals surface area contributed by atoms with Gasteiger partial charge < -0.3 is 15.5 Å². The van der Waals surface area contributed by atoms with Gasteiger partial charge in [0, 0.05) is 18.1 Å². The number of piperidine rings is 1. The summed E-state index contributed by atoms with van der Waals surface area (Å²) in [6.07, 6.45) is 2.28. The molecule has 1 saturated heterocycles. The van der Waals surface area contributed by atoms with E-state index in [9.17, 15) is 4.79 Å². The van der Waals surface area contributed by atoms with Crippen LogP contribution in [0.15, 0.2) is 0 Å².